The minimum absolute atomic E-state index is 0.760. The molecule has 2 aromatic rings. The molecule has 0 bridgehead atoms. The summed E-state index contributed by atoms with van der Waals surface area (Å²) < 4.78 is 0. The maximum absolute atomic E-state index is 5.83. The highest BCUT2D eigenvalue weighted by atomic mass is 15.1. The number of hydrogen-bond donors (Lipinski definition) is 3. The van der Waals surface area contributed by atoms with Crippen LogP contribution in [0.15, 0.2) is 18.3 Å². The van der Waals surface area contributed by atoms with Gasteiger partial charge in [-0.3, -0.25) is 5.10 Å². The fraction of sp³-hybridized carbons (Fsp3) is 0.222. The van der Waals surface area contributed by atoms with E-state index >= 15 is 0 Å². The number of aromatic nitrogens is 2. The van der Waals surface area contributed by atoms with Crippen LogP contribution in [-0.2, 0) is 0 Å². The molecule has 0 aliphatic carbocycles. The van der Waals surface area contributed by atoms with Crippen LogP contribution in [-0.4, -0.2) is 16.7 Å². The summed E-state index contributed by atoms with van der Waals surface area (Å²) in [6.07, 6.45) is 1.77. The molecule has 0 unspecified atom stereocenters. The van der Waals surface area contributed by atoms with E-state index in [0.717, 1.165) is 28.8 Å². The van der Waals surface area contributed by atoms with E-state index in [-0.39, 0.29) is 0 Å². The van der Waals surface area contributed by atoms with E-state index in [2.05, 4.69) is 15.5 Å². The van der Waals surface area contributed by atoms with Gasteiger partial charge >= 0.3 is 0 Å². The van der Waals surface area contributed by atoms with Gasteiger partial charge in [-0.2, -0.15) is 5.10 Å². The standard InChI is InChI=1S/C9H12N4/c1-2-11-9-4-8-6(3-7(9)10)5-12-13-8/h3-5,11H,2,10H2,1H3,(H,12,13). The van der Waals surface area contributed by atoms with Crippen molar-refractivity contribution in [3.8, 4) is 0 Å². The Balaban J connectivity index is 2.56. The smallest absolute Gasteiger partial charge is 0.0672 e. The number of fused-ring (bicyclic) bond motifs is 1. The van der Waals surface area contributed by atoms with Crippen molar-refractivity contribution in [1.82, 2.24) is 10.2 Å². The minimum Gasteiger partial charge on any atom is -0.397 e. The van der Waals surface area contributed by atoms with Gasteiger partial charge in [0.1, 0.15) is 0 Å². The molecule has 0 spiro atoms. The zero-order chi connectivity index (χ0) is 9.26. The van der Waals surface area contributed by atoms with Crippen molar-refractivity contribution >= 4 is 22.3 Å². The topological polar surface area (TPSA) is 66.7 Å². The Bertz CT molecular complexity index is 418. The van der Waals surface area contributed by atoms with Gasteiger partial charge in [0.2, 0.25) is 0 Å². The molecule has 0 aliphatic rings. The van der Waals surface area contributed by atoms with Gasteiger partial charge in [-0.25, -0.2) is 0 Å². The number of nitrogens with zero attached hydrogens (tertiary/aromatic N) is 1. The van der Waals surface area contributed by atoms with Crippen LogP contribution >= 0.6 is 0 Å². The Morgan fingerprint density at radius 1 is 1.54 bits per heavy atom. The predicted molar refractivity (Wildman–Crippen MR) is 54.7 cm³/mol. The number of rotatable bonds is 2. The van der Waals surface area contributed by atoms with Crippen molar-refractivity contribution in [3.05, 3.63) is 18.3 Å². The van der Waals surface area contributed by atoms with Gasteiger partial charge in [0.15, 0.2) is 0 Å². The number of nitrogens with two attached hydrogens (primary N) is 1. The number of nitrogens with one attached hydrogen (secondary N) is 2. The van der Waals surface area contributed by atoms with Crippen LogP contribution < -0.4 is 11.1 Å². The number of H-pyrrole nitrogens is 1. The average Bonchev–Trinajstić information content (AvgIpc) is 2.52. The van der Waals surface area contributed by atoms with Gasteiger partial charge in [-0.15, -0.1) is 0 Å². The summed E-state index contributed by atoms with van der Waals surface area (Å²) in [5, 5.41) is 11.1. The molecular weight excluding hydrogens is 164 g/mol. The lowest BCUT2D eigenvalue weighted by Gasteiger charge is -2.06. The second kappa shape index (κ2) is 2.97. The quantitative estimate of drug-likeness (QED) is 0.608. The predicted octanol–water partition coefficient (Wildman–Crippen LogP) is 1.58. The number of benzene rings is 1. The molecule has 4 nitrogen and oxygen atoms in total. The molecular formula is C9H12N4. The lowest BCUT2D eigenvalue weighted by molar-refractivity contribution is 1.12. The summed E-state index contributed by atoms with van der Waals surface area (Å²) in [5.74, 6) is 0. The van der Waals surface area contributed by atoms with Gasteiger partial charge in [0, 0.05) is 11.9 Å². The maximum Gasteiger partial charge on any atom is 0.0672 e. The monoisotopic (exact) mass is 176 g/mol. The third kappa shape index (κ3) is 1.30. The Kier molecular flexibility index (Phi) is 1.81. The largest absolute Gasteiger partial charge is 0.397 e. The fourth-order valence-corrected chi connectivity index (χ4v) is 1.35. The molecule has 4 N–H and O–H groups in total. The number of hydrogen-bond acceptors (Lipinski definition) is 3. The highest BCUT2D eigenvalue weighted by molar-refractivity contribution is 5.88. The Labute approximate surface area is 76.1 Å². The second-order valence-electron chi connectivity index (χ2n) is 2.93. The average molecular weight is 176 g/mol. The highest BCUT2D eigenvalue weighted by Crippen LogP contribution is 2.24. The summed E-state index contributed by atoms with van der Waals surface area (Å²) in [5.41, 5.74) is 8.55. The molecule has 0 radical (unpaired) electrons. The van der Waals surface area contributed by atoms with Crippen molar-refractivity contribution in [1.29, 1.82) is 0 Å². The molecule has 0 fully saturated rings. The van der Waals surface area contributed by atoms with Crippen molar-refractivity contribution in [2.75, 3.05) is 17.6 Å². The SMILES string of the molecule is CCNc1cc2[nH]ncc2cc1N. The lowest BCUT2D eigenvalue weighted by atomic mass is 10.2. The minimum atomic E-state index is 0.760. The lowest BCUT2D eigenvalue weighted by Crippen LogP contribution is -2.00. The molecule has 0 saturated carbocycles. The molecule has 0 saturated heterocycles. The molecule has 1 heterocycles. The van der Waals surface area contributed by atoms with E-state index in [1.165, 1.54) is 0 Å². The van der Waals surface area contributed by atoms with E-state index in [4.69, 9.17) is 5.73 Å². The Morgan fingerprint density at radius 2 is 2.38 bits per heavy atom. The zero-order valence-corrected chi connectivity index (χ0v) is 7.46. The van der Waals surface area contributed by atoms with Crippen LogP contribution in [0.25, 0.3) is 10.9 Å². The normalized spacial score (nSPS) is 10.5. The third-order valence-electron chi connectivity index (χ3n) is 1.98. The number of anilines is 2. The fourth-order valence-electron chi connectivity index (χ4n) is 1.35. The van der Waals surface area contributed by atoms with E-state index < -0.39 is 0 Å². The summed E-state index contributed by atoms with van der Waals surface area (Å²) in [7, 11) is 0. The maximum atomic E-state index is 5.83. The molecule has 4 heteroatoms. The van der Waals surface area contributed by atoms with Gasteiger partial charge in [0.25, 0.3) is 0 Å². The Morgan fingerprint density at radius 3 is 3.15 bits per heavy atom. The molecule has 2 rings (SSSR count). The summed E-state index contributed by atoms with van der Waals surface area (Å²) in [4.78, 5) is 0. The van der Waals surface area contributed by atoms with E-state index in [1.54, 1.807) is 6.20 Å². The molecule has 1 aromatic heterocycles. The third-order valence-corrected chi connectivity index (χ3v) is 1.98. The van der Waals surface area contributed by atoms with Crippen molar-refractivity contribution in [2.24, 2.45) is 0 Å². The molecule has 13 heavy (non-hydrogen) atoms. The van der Waals surface area contributed by atoms with Crippen molar-refractivity contribution in [3.63, 3.8) is 0 Å². The van der Waals surface area contributed by atoms with Gasteiger partial charge in [-0.05, 0) is 19.1 Å². The highest BCUT2D eigenvalue weighted by Gasteiger charge is 2.01. The molecule has 0 atom stereocenters. The van der Waals surface area contributed by atoms with Gasteiger partial charge in [0.05, 0.1) is 23.1 Å². The van der Waals surface area contributed by atoms with Crippen LogP contribution in [0.1, 0.15) is 6.92 Å². The first-order chi connectivity index (χ1) is 6.31. The number of nitrogen functional groups attached to an aromatic ring is 1. The van der Waals surface area contributed by atoms with Gasteiger partial charge < -0.3 is 11.1 Å². The van der Waals surface area contributed by atoms with Crippen LogP contribution in [0.4, 0.5) is 11.4 Å². The van der Waals surface area contributed by atoms with E-state index in [0.29, 0.717) is 0 Å². The van der Waals surface area contributed by atoms with Crippen molar-refractivity contribution in [2.45, 2.75) is 6.92 Å². The van der Waals surface area contributed by atoms with Crippen molar-refractivity contribution < 1.29 is 0 Å². The first kappa shape index (κ1) is 7.91. The van der Waals surface area contributed by atoms with Crippen LogP contribution in [0.5, 0.6) is 0 Å². The molecule has 68 valence electrons. The Hall–Kier alpha value is -1.71. The first-order valence-corrected chi connectivity index (χ1v) is 4.27. The number of aromatic amines is 1. The summed E-state index contributed by atoms with van der Waals surface area (Å²) >= 11 is 0. The van der Waals surface area contributed by atoms with Crippen LogP contribution in [0, 0.1) is 0 Å². The molecule has 0 amide bonds. The van der Waals surface area contributed by atoms with Crippen LogP contribution in [0.2, 0.25) is 0 Å². The summed E-state index contributed by atoms with van der Waals surface area (Å²) in [6, 6.07) is 3.89. The van der Waals surface area contributed by atoms with Crippen LogP contribution in [0.3, 0.4) is 0 Å². The molecule has 0 aliphatic heterocycles. The zero-order valence-electron chi connectivity index (χ0n) is 7.46. The van der Waals surface area contributed by atoms with E-state index in [9.17, 15) is 0 Å². The van der Waals surface area contributed by atoms with Gasteiger partial charge in [-0.1, -0.05) is 0 Å². The second-order valence-corrected chi connectivity index (χ2v) is 2.93. The molecule has 1 aromatic carbocycles. The summed E-state index contributed by atoms with van der Waals surface area (Å²) in [6.45, 7) is 2.90. The van der Waals surface area contributed by atoms with E-state index in [1.807, 2.05) is 19.1 Å². The first-order valence-electron chi connectivity index (χ1n) is 4.27.